The molecule has 0 saturated carbocycles. The molecular formula is C11H14N2O2. The molecule has 1 fully saturated rings. The Morgan fingerprint density at radius 1 is 1.33 bits per heavy atom. The zero-order valence-electron chi connectivity index (χ0n) is 8.69. The number of piperazine rings is 1. The Kier molecular flexibility index (Phi) is 2.87. The second-order valence-electron chi connectivity index (χ2n) is 3.42. The van der Waals surface area contributed by atoms with Crippen molar-refractivity contribution >= 4 is 11.6 Å². The van der Waals surface area contributed by atoms with Crippen LogP contribution >= 0.6 is 0 Å². The molecule has 80 valence electrons. The van der Waals surface area contributed by atoms with Crippen LogP contribution < -0.4 is 15.0 Å². The first kappa shape index (κ1) is 9.98. The lowest BCUT2D eigenvalue weighted by Gasteiger charge is -2.27. The van der Waals surface area contributed by atoms with Crippen molar-refractivity contribution in [3.05, 3.63) is 24.3 Å². The summed E-state index contributed by atoms with van der Waals surface area (Å²) in [7, 11) is 1.63. The fraction of sp³-hybridized carbons (Fsp3) is 0.364. The fourth-order valence-electron chi connectivity index (χ4n) is 1.64. The monoisotopic (exact) mass is 206 g/mol. The molecule has 0 aliphatic carbocycles. The Balaban J connectivity index is 2.17. The zero-order valence-corrected chi connectivity index (χ0v) is 8.69. The first-order valence-electron chi connectivity index (χ1n) is 4.96. The Labute approximate surface area is 88.8 Å². The highest BCUT2D eigenvalue weighted by Crippen LogP contribution is 2.19. The van der Waals surface area contributed by atoms with Crippen LogP contribution in [0.3, 0.4) is 0 Å². The minimum absolute atomic E-state index is 0.117. The van der Waals surface area contributed by atoms with Gasteiger partial charge in [-0.05, 0) is 24.3 Å². The van der Waals surface area contributed by atoms with Crippen molar-refractivity contribution in [3.8, 4) is 5.75 Å². The molecule has 1 aromatic rings. The summed E-state index contributed by atoms with van der Waals surface area (Å²) in [6.45, 7) is 2.00. The van der Waals surface area contributed by atoms with Gasteiger partial charge in [0.15, 0.2) is 0 Å². The van der Waals surface area contributed by atoms with Crippen LogP contribution in [0.25, 0.3) is 0 Å². The zero-order chi connectivity index (χ0) is 10.7. The van der Waals surface area contributed by atoms with E-state index in [4.69, 9.17) is 4.74 Å². The number of carbonyl (C=O) groups excluding carboxylic acids is 1. The number of nitrogens with one attached hydrogen (secondary N) is 1. The molecule has 4 nitrogen and oxygen atoms in total. The molecule has 2 rings (SSSR count). The average Bonchev–Trinajstić information content (AvgIpc) is 2.30. The topological polar surface area (TPSA) is 41.6 Å². The van der Waals surface area contributed by atoms with Gasteiger partial charge in [-0.1, -0.05) is 0 Å². The molecule has 1 N–H and O–H groups in total. The van der Waals surface area contributed by atoms with Crippen LogP contribution in [0.5, 0.6) is 5.75 Å². The van der Waals surface area contributed by atoms with Crippen LogP contribution in [-0.2, 0) is 4.79 Å². The molecule has 0 spiro atoms. The molecule has 0 atom stereocenters. The first-order chi connectivity index (χ1) is 7.31. The van der Waals surface area contributed by atoms with E-state index >= 15 is 0 Å². The number of amides is 1. The van der Waals surface area contributed by atoms with Crippen molar-refractivity contribution < 1.29 is 9.53 Å². The Bertz CT molecular complexity index is 348. The Hall–Kier alpha value is -1.55. The van der Waals surface area contributed by atoms with E-state index in [1.54, 1.807) is 12.0 Å². The van der Waals surface area contributed by atoms with Gasteiger partial charge < -0.3 is 15.0 Å². The molecular weight excluding hydrogens is 192 g/mol. The van der Waals surface area contributed by atoms with Crippen molar-refractivity contribution in [1.29, 1.82) is 0 Å². The van der Waals surface area contributed by atoms with E-state index in [9.17, 15) is 4.79 Å². The van der Waals surface area contributed by atoms with Crippen LogP contribution in [-0.4, -0.2) is 32.7 Å². The maximum Gasteiger partial charge on any atom is 0.240 e. The van der Waals surface area contributed by atoms with E-state index in [2.05, 4.69) is 5.32 Å². The molecule has 0 unspecified atom stereocenters. The molecule has 0 aromatic heterocycles. The van der Waals surface area contributed by atoms with Gasteiger partial charge in [-0.25, -0.2) is 0 Å². The number of benzene rings is 1. The number of carbonyl (C=O) groups is 1. The summed E-state index contributed by atoms with van der Waals surface area (Å²) in [5.41, 5.74) is 0.933. The van der Waals surface area contributed by atoms with Gasteiger partial charge in [0.25, 0.3) is 0 Å². The Morgan fingerprint density at radius 2 is 2.07 bits per heavy atom. The van der Waals surface area contributed by atoms with Gasteiger partial charge >= 0.3 is 0 Å². The second kappa shape index (κ2) is 4.31. The fourth-order valence-corrected chi connectivity index (χ4v) is 1.64. The highest BCUT2D eigenvalue weighted by molar-refractivity contribution is 5.95. The van der Waals surface area contributed by atoms with E-state index in [0.29, 0.717) is 6.54 Å². The summed E-state index contributed by atoms with van der Waals surface area (Å²) in [6, 6.07) is 7.54. The summed E-state index contributed by atoms with van der Waals surface area (Å²) in [4.78, 5) is 13.4. The average molecular weight is 206 g/mol. The van der Waals surface area contributed by atoms with Crippen LogP contribution in [0, 0.1) is 0 Å². The number of nitrogens with zero attached hydrogens (tertiary/aromatic N) is 1. The second-order valence-corrected chi connectivity index (χ2v) is 3.42. The van der Waals surface area contributed by atoms with Gasteiger partial charge in [-0.2, -0.15) is 0 Å². The predicted octanol–water partition coefficient (Wildman–Crippen LogP) is 0.631. The highest BCUT2D eigenvalue weighted by atomic mass is 16.5. The van der Waals surface area contributed by atoms with Crippen molar-refractivity contribution in [2.45, 2.75) is 0 Å². The molecule has 15 heavy (non-hydrogen) atoms. The van der Waals surface area contributed by atoms with Crippen molar-refractivity contribution in [2.24, 2.45) is 0 Å². The third-order valence-electron chi connectivity index (χ3n) is 2.47. The minimum Gasteiger partial charge on any atom is -0.497 e. The van der Waals surface area contributed by atoms with E-state index in [-0.39, 0.29) is 5.91 Å². The van der Waals surface area contributed by atoms with Gasteiger partial charge in [0.1, 0.15) is 5.75 Å². The molecule has 1 aliphatic rings. The van der Waals surface area contributed by atoms with E-state index in [1.807, 2.05) is 24.3 Å². The van der Waals surface area contributed by atoms with E-state index in [1.165, 1.54) is 0 Å². The minimum atomic E-state index is 0.117. The standard InChI is InChI=1S/C11H14N2O2/c1-15-10-4-2-9(3-5-10)13-7-6-12-8-11(13)14/h2-5,12H,6-8H2,1H3. The van der Waals surface area contributed by atoms with Gasteiger partial charge in [0.2, 0.25) is 5.91 Å². The molecule has 1 heterocycles. The number of hydrogen-bond donors (Lipinski definition) is 1. The number of anilines is 1. The first-order valence-corrected chi connectivity index (χ1v) is 4.96. The molecule has 1 amide bonds. The lowest BCUT2D eigenvalue weighted by atomic mass is 10.2. The quantitative estimate of drug-likeness (QED) is 0.771. The normalized spacial score (nSPS) is 16.6. The summed E-state index contributed by atoms with van der Waals surface area (Å²) in [5, 5.41) is 3.04. The van der Waals surface area contributed by atoms with E-state index < -0.39 is 0 Å². The summed E-state index contributed by atoms with van der Waals surface area (Å²) < 4.78 is 5.07. The molecule has 1 aliphatic heterocycles. The maximum atomic E-state index is 11.6. The number of methoxy groups -OCH3 is 1. The third-order valence-corrected chi connectivity index (χ3v) is 2.47. The lowest BCUT2D eigenvalue weighted by Crippen LogP contribution is -2.48. The Morgan fingerprint density at radius 3 is 2.67 bits per heavy atom. The maximum absolute atomic E-state index is 11.6. The van der Waals surface area contributed by atoms with Gasteiger partial charge in [-0.3, -0.25) is 4.79 Å². The largest absolute Gasteiger partial charge is 0.497 e. The highest BCUT2D eigenvalue weighted by Gasteiger charge is 2.18. The number of hydrogen-bond acceptors (Lipinski definition) is 3. The molecule has 0 bridgehead atoms. The summed E-state index contributed by atoms with van der Waals surface area (Å²) >= 11 is 0. The molecule has 1 saturated heterocycles. The molecule has 1 aromatic carbocycles. The summed E-state index contributed by atoms with van der Waals surface area (Å²) in [6.07, 6.45) is 0. The van der Waals surface area contributed by atoms with Crippen molar-refractivity contribution in [1.82, 2.24) is 5.32 Å². The SMILES string of the molecule is COc1ccc(N2CCNCC2=O)cc1. The van der Waals surface area contributed by atoms with Crippen LogP contribution in [0.4, 0.5) is 5.69 Å². The van der Waals surface area contributed by atoms with E-state index in [0.717, 1.165) is 24.5 Å². The van der Waals surface area contributed by atoms with Crippen LogP contribution in [0.15, 0.2) is 24.3 Å². The molecule has 4 heteroatoms. The van der Waals surface area contributed by atoms with Gasteiger partial charge in [0.05, 0.1) is 13.7 Å². The van der Waals surface area contributed by atoms with Crippen molar-refractivity contribution in [3.63, 3.8) is 0 Å². The number of ether oxygens (including phenoxy) is 1. The number of rotatable bonds is 2. The third kappa shape index (κ3) is 2.10. The summed E-state index contributed by atoms with van der Waals surface area (Å²) in [5.74, 6) is 0.924. The smallest absolute Gasteiger partial charge is 0.240 e. The lowest BCUT2D eigenvalue weighted by molar-refractivity contribution is -0.118. The van der Waals surface area contributed by atoms with Crippen LogP contribution in [0.2, 0.25) is 0 Å². The van der Waals surface area contributed by atoms with Gasteiger partial charge in [-0.15, -0.1) is 0 Å². The van der Waals surface area contributed by atoms with Crippen molar-refractivity contribution in [2.75, 3.05) is 31.6 Å². The van der Waals surface area contributed by atoms with Crippen LogP contribution in [0.1, 0.15) is 0 Å². The molecule has 0 radical (unpaired) electrons. The van der Waals surface area contributed by atoms with Gasteiger partial charge in [0, 0.05) is 18.8 Å². The predicted molar refractivity (Wildman–Crippen MR) is 58.2 cm³/mol.